The van der Waals surface area contributed by atoms with Crippen LogP contribution >= 0.6 is 22.9 Å². The second-order valence-corrected chi connectivity index (χ2v) is 5.78. The van der Waals surface area contributed by atoms with Gasteiger partial charge in [0.05, 0.1) is 0 Å². The summed E-state index contributed by atoms with van der Waals surface area (Å²) >= 11 is 7.73. The van der Waals surface area contributed by atoms with Crippen molar-refractivity contribution < 1.29 is 4.74 Å². The Kier molecular flexibility index (Phi) is 5.70. The zero-order chi connectivity index (χ0) is 13.5. The number of hydrogen-bond donors (Lipinski definition) is 1. The molecule has 1 aromatic heterocycles. The second kappa shape index (κ2) is 7.53. The maximum absolute atomic E-state index is 5.94. The molecule has 19 heavy (non-hydrogen) atoms. The average Bonchev–Trinajstić information content (AvgIpc) is 2.89. The van der Waals surface area contributed by atoms with E-state index in [1.807, 2.05) is 24.3 Å². The van der Waals surface area contributed by atoms with E-state index < -0.39 is 0 Å². The highest BCUT2D eigenvalue weighted by Gasteiger charge is 2.10. The van der Waals surface area contributed by atoms with E-state index in [9.17, 15) is 0 Å². The van der Waals surface area contributed by atoms with Crippen molar-refractivity contribution in [3.63, 3.8) is 0 Å². The van der Waals surface area contributed by atoms with Gasteiger partial charge in [-0.2, -0.15) is 0 Å². The highest BCUT2D eigenvalue weighted by atomic mass is 35.5. The van der Waals surface area contributed by atoms with Crippen LogP contribution in [-0.2, 0) is 6.42 Å². The van der Waals surface area contributed by atoms with Gasteiger partial charge in [-0.05, 0) is 36.2 Å². The van der Waals surface area contributed by atoms with Gasteiger partial charge in [0, 0.05) is 22.4 Å². The first kappa shape index (κ1) is 14.4. The first-order valence-corrected chi connectivity index (χ1v) is 7.68. The molecule has 0 saturated carbocycles. The Balaban J connectivity index is 1.89. The smallest absolute Gasteiger partial charge is 0.120 e. The molecule has 1 heterocycles. The lowest BCUT2D eigenvalue weighted by Crippen LogP contribution is -2.36. The maximum Gasteiger partial charge on any atom is 0.120 e. The Morgan fingerprint density at radius 3 is 2.89 bits per heavy atom. The molecule has 0 aliphatic carbocycles. The van der Waals surface area contributed by atoms with E-state index in [0.717, 1.165) is 18.7 Å². The molecule has 0 fully saturated rings. The predicted octanol–water partition coefficient (Wildman–Crippen LogP) is 4.00. The van der Waals surface area contributed by atoms with Crippen LogP contribution in [-0.4, -0.2) is 19.2 Å². The largest absolute Gasteiger partial charge is 0.492 e. The van der Waals surface area contributed by atoms with Gasteiger partial charge in [0.2, 0.25) is 0 Å². The van der Waals surface area contributed by atoms with Crippen molar-refractivity contribution in [2.24, 2.45) is 0 Å². The summed E-state index contributed by atoms with van der Waals surface area (Å²) in [6.45, 7) is 3.70. The van der Waals surface area contributed by atoms with Gasteiger partial charge in [-0.15, -0.1) is 11.3 Å². The number of rotatable bonds is 7. The Bertz CT molecular complexity index is 487. The molecule has 1 atom stereocenters. The summed E-state index contributed by atoms with van der Waals surface area (Å²) < 4.78 is 5.81. The second-order valence-electron chi connectivity index (χ2n) is 4.31. The van der Waals surface area contributed by atoms with Gasteiger partial charge in [0.1, 0.15) is 12.4 Å². The fourth-order valence-corrected chi connectivity index (χ4v) is 2.87. The number of nitrogens with one attached hydrogen (secondary N) is 1. The van der Waals surface area contributed by atoms with Crippen LogP contribution in [0.15, 0.2) is 41.8 Å². The topological polar surface area (TPSA) is 21.3 Å². The lowest BCUT2D eigenvalue weighted by atomic mass is 10.2. The third-order valence-corrected chi connectivity index (χ3v) is 3.90. The predicted molar refractivity (Wildman–Crippen MR) is 82.4 cm³/mol. The average molecular weight is 296 g/mol. The highest BCUT2D eigenvalue weighted by molar-refractivity contribution is 7.09. The van der Waals surface area contributed by atoms with Gasteiger partial charge < -0.3 is 10.1 Å². The molecule has 1 aromatic carbocycles. The van der Waals surface area contributed by atoms with Gasteiger partial charge in [-0.1, -0.05) is 30.7 Å². The van der Waals surface area contributed by atoms with Crippen LogP contribution in [0, 0.1) is 0 Å². The van der Waals surface area contributed by atoms with E-state index in [1.54, 1.807) is 11.3 Å². The minimum Gasteiger partial charge on any atom is -0.492 e. The van der Waals surface area contributed by atoms with E-state index in [1.165, 1.54) is 4.88 Å². The van der Waals surface area contributed by atoms with E-state index in [0.29, 0.717) is 17.7 Å². The van der Waals surface area contributed by atoms with Crippen LogP contribution in [0.4, 0.5) is 0 Å². The molecule has 1 unspecified atom stereocenters. The molecule has 0 spiro atoms. The number of halogens is 1. The third-order valence-electron chi connectivity index (χ3n) is 2.77. The lowest BCUT2D eigenvalue weighted by molar-refractivity contribution is 0.265. The van der Waals surface area contributed by atoms with Crippen molar-refractivity contribution >= 4 is 22.9 Å². The number of ether oxygens (including phenoxy) is 1. The van der Waals surface area contributed by atoms with Crippen molar-refractivity contribution in [2.45, 2.75) is 19.4 Å². The Hall–Kier alpha value is -1.03. The highest BCUT2D eigenvalue weighted by Crippen LogP contribution is 2.18. The minimum absolute atomic E-state index is 0.322. The molecule has 2 aromatic rings. The molecular formula is C15H18ClNOS. The Labute approximate surface area is 123 Å². The van der Waals surface area contributed by atoms with E-state index >= 15 is 0 Å². The fraction of sp³-hybridized carbons (Fsp3) is 0.333. The molecular weight excluding hydrogens is 278 g/mol. The normalized spacial score (nSPS) is 12.3. The molecule has 0 aliphatic heterocycles. The number of hydrogen-bond acceptors (Lipinski definition) is 3. The fourth-order valence-electron chi connectivity index (χ4n) is 1.90. The van der Waals surface area contributed by atoms with Crippen LogP contribution in [0.25, 0.3) is 0 Å². The monoisotopic (exact) mass is 295 g/mol. The van der Waals surface area contributed by atoms with E-state index in [-0.39, 0.29) is 0 Å². The molecule has 1 N–H and O–H groups in total. The van der Waals surface area contributed by atoms with Crippen LogP contribution in [0.3, 0.4) is 0 Å². The quantitative estimate of drug-likeness (QED) is 0.833. The molecule has 0 amide bonds. The zero-order valence-corrected chi connectivity index (χ0v) is 12.5. The molecule has 0 bridgehead atoms. The van der Waals surface area contributed by atoms with Crippen LogP contribution in [0.2, 0.25) is 5.02 Å². The molecule has 0 saturated heterocycles. The molecule has 4 heteroatoms. The first-order valence-electron chi connectivity index (χ1n) is 6.42. The SMILES string of the molecule is CCNC(COc1cccc(Cl)c1)Cc1cccs1. The Morgan fingerprint density at radius 1 is 1.32 bits per heavy atom. The summed E-state index contributed by atoms with van der Waals surface area (Å²) in [5, 5.41) is 6.27. The zero-order valence-electron chi connectivity index (χ0n) is 10.9. The van der Waals surface area contributed by atoms with Crippen molar-refractivity contribution in [3.05, 3.63) is 51.7 Å². The maximum atomic E-state index is 5.94. The standard InChI is InChI=1S/C15H18ClNOS/c1-2-17-13(10-15-7-4-8-19-15)11-18-14-6-3-5-12(16)9-14/h3-9,13,17H,2,10-11H2,1H3. The molecule has 2 rings (SSSR count). The van der Waals surface area contributed by atoms with Gasteiger partial charge in [-0.25, -0.2) is 0 Å². The van der Waals surface area contributed by atoms with E-state index in [4.69, 9.17) is 16.3 Å². The summed E-state index contributed by atoms with van der Waals surface area (Å²) in [6, 6.07) is 12.1. The van der Waals surface area contributed by atoms with Crippen molar-refractivity contribution in [3.8, 4) is 5.75 Å². The summed E-state index contributed by atoms with van der Waals surface area (Å²) in [5.41, 5.74) is 0. The van der Waals surface area contributed by atoms with Gasteiger partial charge in [0.15, 0.2) is 0 Å². The van der Waals surface area contributed by atoms with Crippen LogP contribution in [0.1, 0.15) is 11.8 Å². The van der Waals surface area contributed by atoms with Crippen molar-refractivity contribution in [2.75, 3.05) is 13.2 Å². The number of thiophene rings is 1. The summed E-state index contributed by atoms with van der Waals surface area (Å²) in [7, 11) is 0. The van der Waals surface area contributed by atoms with Gasteiger partial charge >= 0.3 is 0 Å². The minimum atomic E-state index is 0.322. The van der Waals surface area contributed by atoms with Crippen molar-refractivity contribution in [1.29, 1.82) is 0 Å². The molecule has 0 radical (unpaired) electrons. The lowest BCUT2D eigenvalue weighted by Gasteiger charge is -2.18. The van der Waals surface area contributed by atoms with Crippen molar-refractivity contribution in [1.82, 2.24) is 5.32 Å². The third kappa shape index (κ3) is 4.86. The van der Waals surface area contributed by atoms with E-state index in [2.05, 4.69) is 29.8 Å². The molecule has 102 valence electrons. The Morgan fingerprint density at radius 2 is 2.21 bits per heavy atom. The molecule has 2 nitrogen and oxygen atoms in total. The number of likely N-dealkylation sites (N-methyl/N-ethyl adjacent to an activating group) is 1. The van der Waals surface area contributed by atoms with Crippen LogP contribution in [0.5, 0.6) is 5.75 Å². The molecule has 0 aliphatic rings. The van der Waals surface area contributed by atoms with Gasteiger partial charge in [-0.3, -0.25) is 0 Å². The van der Waals surface area contributed by atoms with Gasteiger partial charge in [0.25, 0.3) is 0 Å². The number of benzene rings is 1. The first-order chi connectivity index (χ1) is 9.28. The summed E-state index contributed by atoms with van der Waals surface area (Å²) in [4.78, 5) is 1.38. The summed E-state index contributed by atoms with van der Waals surface area (Å²) in [5.74, 6) is 0.821. The van der Waals surface area contributed by atoms with Crippen LogP contribution < -0.4 is 10.1 Å². The summed E-state index contributed by atoms with van der Waals surface area (Å²) in [6.07, 6.45) is 0.992.